The van der Waals surface area contributed by atoms with Crippen molar-refractivity contribution in [2.45, 2.75) is 44.7 Å². The van der Waals surface area contributed by atoms with Gasteiger partial charge in [-0.1, -0.05) is 64.9 Å². The molecule has 100 valence electrons. The van der Waals surface area contributed by atoms with E-state index in [2.05, 4.69) is 44.2 Å². The molecule has 1 aliphatic rings. The average molecular weight is 263 g/mol. The summed E-state index contributed by atoms with van der Waals surface area (Å²) in [6.07, 6.45) is 6.36. The molecule has 1 saturated carbocycles. The zero-order valence-electron chi connectivity index (χ0n) is 11.7. The Bertz CT molecular complexity index is 351. The first-order chi connectivity index (χ1) is 8.76. The van der Waals surface area contributed by atoms with Crippen LogP contribution in [0.5, 0.6) is 0 Å². The first kappa shape index (κ1) is 14.0. The molecule has 0 bridgehead atoms. The molecule has 0 radical (unpaired) electrons. The summed E-state index contributed by atoms with van der Waals surface area (Å²) in [7, 11) is 0.0576. The van der Waals surface area contributed by atoms with Gasteiger partial charge in [0.2, 0.25) is 0 Å². The number of benzene rings is 1. The number of nitrogens with two attached hydrogens (primary N) is 1. The summed E-state index contributed by atoms with van der Waals surface area (Å²) in [5.41, 5.74) is 8.47. The summed E-state index contributed by atoms with van der Waals surface area (Å²) in [6.45, 7) is 4.68. The van der Waals surface area contributed by atoms with Gasteiger partial charge in [-0.25, -0.2) is 0 Å². The van der Waals surface area contributed by atoms with Crippen molar-refractivity contribution in [2.24, 2.45) is 11.7 Å². The second-order valence-electron chi connectivity index (χ2n) is 5.67. The molecule has 1 nitrogen and oxygen atoms in total. The van der Waals surface area contributed by atoms with Gasteiger partial charge in [-0.15, -0.1) is 0 Å². The Hall–Kier alpha value is -0.390. The van der Waals surface area contributed by atoms with Crippen LogP contribution in [0.2, 0.25) is 0 Å². The van der Waals surface area contributed by atoms with E-state index in [4.69, 9.17) is 5.73 Å². The van der Waals surface area contributed by atoms with Gasteiger partial charge in [0.15, 0.2) is 0 Å². The number of hydrogen-bond acceptors (Lipinski definition) is 1. The molecule has 4 unspecified atom stereocenters. The van der Waals surface area contributed by atoms with Gasteiger partial charge in [0, 0.05) is 6.29 Å². The van der Waals surface area contributed by atoms with Gasteiger partial charge in [-0.05, 0) is 35.6 Å². The quantitative estimate of drug-likeness (QED) is 0.726. The summed E-state index contributed by atoms with van der Waals surface area (Å²) in [5, 5.41) is 0. The van der Waals surface area contributed by atoms with Crippen LogP contribution >= 0.6 is 7.92 Å². The van der Waals surface area contributed by atoms with E-state index < -0.39 is 0 Å². The third kappa shape index (κ3) is 3.56. The molecule has 1 aromatic carbocycles. The van der Waals surface area contributed by atoms with E-state index in [0.717, 1.165) is 23.8 Å². The highest BCUT2D eigenvalue weighted by Crippen LogP contribution is 2.61. The van der Waals surface area contributed by atoms with E-state index in [-0.39, 0.29) is 7.92 Å². The van der Waals surface area contributed by atoms with Gasteiger partial charge in [-0.3, -0.25) is 0 Å². The number of rotatable bonds is 7. The summed E-state index contributed by atoms with van der Waals surface area (Å²) >= 11 is 0. The molecule has 2 heteroatoms. The molecular weight excluding hydrogens is 237 g/mol. The van der Waals surface area contributed by atoms with E-state index in [9.17, 15) is 0 Å². The van der Waals surface area contributed by atoms with Gasteiger partial charge < -0.3 is 5.73 Å². The minimum Gasteiger partial charge on any atom is -0.327 e. The van der Waals surface area contributed by atoms with Gasteiger partial charge in [0.05, 0.1) is 0 Å². The Kier molecular flexibility index (Phi) is 5.21. The smallest absolute Gasteiger partial charge is 0.0130 e. The fraction of sp³-hybridized carbons (Fsp3) is 0.625. The predicted octanol–water partition coefficient (Wildman–Crippen LogP) is 4.38. The molecule has 0 saturated heterocycles. The number of hydrogen-bond donors (Lipinski definition) is 1. The third-order valence-electron chi connectivity index (χ3n) is 4.02. The average Bonchev–Trinajstić information content (AvgIpc) is 3.17. The summed E-state index contributed by atoms with van der Waals surface area (Å²) < 4.78 is 0. The monoisotopic (exact) mass is 263 g/mol. The summed E-state index contributed by atoms with van der Waals surface area (Å²) in [6, 6.07) is 11.0. The lowest BCUT2D eigenvalue weighted by Crippen LogP contribution is -2.09. The summed E-state index contributed by atoms with van der Waals surface area (Å²) in [4.78, 5) is 0. The predicted molar refractivity (Wildman–Crippen MR) is 82.5 cm³/mol. The highest BCUT2D eigenvalue weighted by atomic mass is 31.1. The molecule has 0 spiro atoms. The molecule has 4 atom stereocenters. The van der Waals surface area contributed by atoms with Crippen molar-refractivity contribution in [3.8, 4) is 0 Å². The first-order valence-corrected chi connectivity index (χ1v) is 9.03. The van der Waals surface area contributed by atoms with Crippen LogP contribution in [0.4, 0.5) is 0 Å². The lowest BCUT2D eigenvalue weighted by Gasteiger charge is -2.20. The molecule has 1 aliphatic carbocycles. The Morgan fingerprint density at radius 3 is 2.67 bits per heavy atom. The van der Waals surface area contributed by atoms with Crippen molar-refractivity contribution in [2.75, 3.05) is 12.4 Å². The fourth-order valence-electron chi connectivity index (χ4n) is 2.97. The maximum Gasteiger partial charge on any atom is 0.0130 e. The molecule has 2 rings (SSSR count). The van der Waals surface area contributed by atoms with E-state index in [1.807, 2.05) is 0 Å². The van der Waals surface area contributed by atoms with Crippen LogP contribution < -0.4 is 5.73 Å². The van der Waals surface area contributed by atoms with Crippen LogP contribution in [0.1, 0.15) is 44.6 Å². The third-order valence-corrected chi connectivity index (χ3v) is 7.09. The largest absolute Gasteiger partial charge is 0.327 e. The highest BCUT2D eigenvalue weighted by molar-refractivity contribution is 7.58. The highest BCUT2D eigenvalue weighted by Gasteiger charge is 2.42. The van der Waals surface area contributed by atoms with E-state index >= 15 is 0 Å². The topological polar surface area (TPSA) is 26.0 Å². The lowest BCUT2D eigenvalue weighted by molar-refractivity contribution is 0.581. The Labute approximate surface area is 113 Å². The standard InChI is InChI=1S/C16H26NP/c1-3-7-13(2)11-18(12-17)16-10-15(16)14-8-5-4-6-9-14/h4-6,8-9,13,15-16H,3,7,10-12,17H2,1-2H3. The minimum atomic E-state index is 0.0576. The molecular formula is C16H26NP. The Morgan fingerprint density at radius 2 is 2.06 bits per heavy atom. The van der Waals surface area contributed by atoms with Crippen LogP contribution in [0.15, 0.2) is 30.3 Å². The molecule has 1 aromatic rings. The second-order valence-corrected chi connectivity index (χ2v) is 8.24. The van der Waals surface area contributed by atoms with E-state index in [1.165, 1.54) is 31.0 Å². The Balaban J connectivity index is 1.88. The van der Waals surface area contributed by atoms with Crippen molar-refractivity contribution in [3.63, 3.8) is 0 Å². The zero-order chi connectivity index (χ0) is 13.0. The maximum absolute atomic E-state index is 6.03. The second kappa shape index (κ2) is 6.68. The lowest BCUT2D eigenvalue weighted by atomic mass is 10.1. The van der Waals surface area contributed by atoms with Crippen LogP contribution in [0.3, 0.4) is 0 Å². The Morgan fingerprint density at radius 1 is 1.33 bits per heavy atom. The van der Waals surface area contributed by atoms with Gasteiger partial charge in [-0.2, -0.15) is 0 Å². The van der Waals surface area contributed by atoms with Crippen molar-refractivity contribution < 1.29 is 0 Å². The van der Waals surface area contributed by atoms with Crippen LogP contribution in [-0.4, -0.2) is 18.1 Å². The van der Waals surface area contributed by atoms with E-state index in [0.29, 0.717) is 0 Å². The van der Waals surface area contributed by atoms with Crippen LogP contribution in [0, 0.1) is 5.92 Å². The zero-order valence-corrected chi connectivity index (χ0v) is 12.6. The van der Waals surface area contributed by atoms with Gasteiger partial charge in [0.25, 0.3) is 0 Å². The van der Waals surface area contributed by atoms with Crippen molar-refractivity contribution >= 4 is 7.92 Å². The molecule has 2 N–H and O–H groups in total. The fourth-order valence-corrected chi connectivity index (χ4v) is 5.85. The van der Waals surface area contributed by atoms with Gasteiger partial charge >= 0.3 is 0 Å². The van der Waals surface area contributed by atoms with E-state index in [1.54, 1.807) is 0 Å². The normalized spacial score (nSPS) is 25.7. The molecule has 1 fully saturated rings. The molecule has 0 amide bonds. The molecule has 18 heavy (non-hydrogen) atoms. The minimum absolute atomic E-state index is 0.0576. The van der Waals surface area contributed by atoms with Crippen LogP contribution in [-0.2, 0) is 0 Å². The SMILES string of the molecule is CCCC(C)CP(CN)C1CC1c1ccccc1. The molecule has 0 aromatic heterocycles. The summed E-state index contributed by atoms with van der Waals surface area (Å²) in [5.74, 6) is 1.68. The first-order valence-electron chi connectivity index (χ1n) is 7.25. The molecule has 0 heterocycles. The maximum atomic E-state index is 6.03. The van der Waals surface area contributed by atoms with Crippen molar-refractivity contribution in [1.29, 1.82) is 0 Å². The van der Waals surface area contributed by atoms with Crippen LogP contribution in [0.25, 0.3) is 0 Å². The van der Waals surface area contributed by atoms with Crippen molar-refractivity contribution in [3.05, 3.63) is 35.9 Å². The van der Waals surface area contributed by atoms with Gasteiger partial charge in [0.1, 0.15) is 0 Å². The van der Waals surface area contributed by atoms with Crippen molar-refractivity contribution in [1.82, 2.24) is 0 Å². The molecule has 0 aliphatic heterocycles.